The number of ether oxygens (including phenoxy) is 1. The van der Waals surface area contributed by atoms with Crippen LogP contribution in [0.4, 0.5) is 11.5 Å². The molecule has 0 unspecified atom stereocenters. The molecule has 0 fully saturated rings. The standard InChI is InChI=1S/C20H26N8O5S/c1-12(2)10-27-17(21)16(18(31)22-19(27)32)26(8-9-33-3)15(30)11-34-20-23-24-25-28(20)13-4-6-14(29)7-5-13/h4-7,12,29H,8-11,21H2,1-3H3,(H,22,31,32). The Kier molecular flexibility index (Phi) is 8.07. The molecular formula is C20H26N8O5S. The number of anilines is 2. The predicted octanol–water partition coefficient (Wildman–Crippen LogP) is 0.228. The summed E-state index contributed by atoms with van der Waals surface area (Å²) in [5, 5.41) is 21.3. The van der Waals surface area contributed by atoms with E-state index in [0.29, 0.717) is 10.8 Å². The van der Waals surface area contributed by atoms with Gasteiger partial charge in [-0.15, -0.1) is 5.10 Å². The van der Waals surface area contributed by atoms with Crippen LogP contribution in [0.15, 0.2) is 39.0 Å². The average Bonchev–Trinajstić information content (AvgIpc) is 3.26. The van der Waals surface area contributed by atoms with Crippen molar-refractivity contribution in [3.63, 3.8) is 0 Å². The molecule has 2 heterocycles. The summed E-state index contributed by atoms with van der Waals surface area (Å²) in [5.74, 6) is -0.488. The lowest BCUT2D eigenvalue weighted by atomic mass is 10.2. The van der Waals surface area contributed by atoms with Crippen molar-refractivity contribution in [2.24, 2.45) is 5.92 Å². The summed E-state index contributed by atoms with van der Waals surface area (Å²) in [6.45, 7) is 4.27. The molecule has 0 bridgehead atoms. The van der Waals surface area contributed by atoms with Crippen LogP contribution < -0.4 is 21.9 Å². The number of aromatic amines is 1. The van der Waals surface area contributed by atoms with E-state index < -0.39 is 17.2 Å². The molecule has 3 aromatic rings. The second-order valence-corrected chi connectivity index (χ2v) is 8.66. The van der Waals surface area contributed by atoms with E-state index in [1.54, 1.807) is 12.1 Å². The summed E-state index contributed by atoms with van der Waals surface area (Å²) in [7, 11) is 1.47. The molecule has 1 aromatic carbocycles. The largest absolute Gasteiger partial charge is 0.508 e. The molecule has 0 aliphatic rings. The Morgan fingerprint density at radius 3 is 2.65 bits per heavy atom. The maximum absolute atomic E-state index is 13.2. The lowest BCUT2D eigenvalue weighted by Gasteiger charge is -2.24. The van der Waals surface area contributed by atoms with E-state index in [2.05, 4.69) is 20.5 Å². The number of carbonyl (C=O) groups is 1. The number of tetrazole rings is 1. The van der Waals surface area contributed by atoms with Gasteiger partial charge in [-0.25, -0.2) is 4.79 Å². The van der Waals surface area contributed by atoms with Gasteiger partial charge in [0.25, 0.3) is 5.56 Å². The molecule has 14 heteroatoms. The number of H-pyrrole nitrogens is 1. The van der Waals surface area contributed by atoms with E-state index in [-0.39, 0.29) is 48.6 Å². The van der Waals surface area contributed by atoms with E-state index in [4.69, 9.17) is 10.5 Å². The van der Waals surface area contributed by atoms with Crippen molar-refractivity contribution in [3.8, 4) is 11.4 Å². The zero-order chi connectivity index (χ0) is 24.8. The third kappa shape index (κ3) is 5.63. The maximum atomic E-state index is 13.2. The number of nitrogens with one attached hydrogen (secondary N) is 1. The highest BCUT2D eigenvalue weighted by molar-refractivity contribution is 7.99. The number of rotatable bonds is 10. The van der Waals surface area contributed by atoms with E-state index in [9.17, 15) is 19.5 Å². The van der Waals surface area contributed by atoms with Gasteiger partial charge in [-0.2, -0.15) is 4.68 Å². The number of hydrogen-bond donors (Lipinski definition) is 3. The molecule has 182 valence electrons. The number of phenolic OH excluding ortho intramolecular Hbond substituents is 1. The van der Waals surface area contributed by atoms with Crippen LogP contribution in [0.1, 0.15) is 13.8 Å². The number of benzene rings is 1. The van der Waals surface area contributed by atoms with Crippen LogP contribution in [0, 0.1) is 5.92 Å². The Labute approximate surface area is 198 Å². The van der Waals surface area contributed by atoms with Crippen LogP contribution in [-0.4, -0.2) is 66.8 Å². The third-order valence-corrected chi connectivity index (χ3v) is 5.62. The third-order valence-electron chi connectivity index (χ3n) is 4.71. The van der Waals surface area contributed by atoms with E-state index in [1.165, 1.54) is 33.4 Å². The van der Waals surface area contributed by atoms with Gasteiger partial charge in [0.05, 0.1) is 18.0 Å². The molecule has 34 heavy (non-hydrogen) atoms. The van der Waals surface area contributed by atoms with Gasteiger partial charge in [0.2, 0.25) is 11.1 Å². The Balaban J connectivity index is 1.89. The number of aromatic hydroxyl groups is 1. The first kappa shape index (κ1) is 25.0. The number of amides is 1. The molecule has 3 rings (SSSR count). The highest BCUT2D eigenvalue weighted by atomic mass is 32.2. The van der Waals surface area contributed by atoms with Gasteiger partial charge in [-0.1, -0.05) is 25.6 Å². The van der Waals surface area contributed by atoms with E-state index in [1.807, 2.05) is 13.8 Å². The van der Waals surface area contributed by atoms with Crippen molar-refractivity contribution in [3.05, 3.63) is 45.1 Å². The number of phenols is 1. The predicted molar refractivity (Wildman–Crippen MR) is 126 cm³/mol. The minimum absolute atomic E-state index is 0.0476. The average molecular weight is 491 g/mol. The fourth-order valence-corrected chi connectivity index (χ4v) is 3.92. The lowest BCUT2D eigenvalue weighted by Crippen LogP contribution is -2.43. The molecule has 0 saturated carbocycles. The quantitative estimate of drug-likeness (QED) is 0.334. The summed E-state index contributed by atoms with van der Waals surface area (Å²) in [6, 6.07) is 6.23. The van der Waals surface area contributed by atoms with Crippen molar-refractivity contribution in [1.29, 1.82) is 0 Å². The smallest absolute Gasteiger partial charge is 0.330 e. The van der Waals surface area contributed by atoms with Crippen molar-refractivity contribution in [2.75, 3.05) is 36.6 Å². The molecule has 0 aliphatic heterocycles. The van der Waals surface area contributed by atoms with Crippen molar-refractivity contribution in [1.82, 2.24) is 29.8 Å². The van der Waals surface area contributed by atoms with Crippen molar-refractivity contribution < 1.29 is 14.6 Å². The molecular weight excluding hydrogens is 464 g/mol. The van der Waals surface area contributed by atoms with Gasteiger partial charge >= 0.3 is 5.69 Å². The zero-order valence-electron chi connectivity index (χ0n) is 19.0. The number of methoxy groups -OCH3 is 1. The van der Waals surface area contributed by atoms with Gasteiger partial charge in [0.1, 0.15) is 11.6 Å². The van der Waals surface area contributed by atoms with Crippen LogP contribution in [0.3, 0.4) is 0 Å². The fourth-order valence-electron chi connectivity index (χ4n) is 3.16. The van der Waals surface area contributed by atoms with Crippen LogP contribution in [0.2, 0.25) is 0 Å². The number of hydrogen-bond acceptors (Lipinski definition) is 10. The topological polar surface area (TPSA) is 174 Å². The Bertz CT molecular complexity index is 1250. The van der Waals surface area contributed by atoms with Gasteiger partial charge in [0, 0.05) is 20.2 Å². The number of carbonyl (C=O) groups excluding carboxylic acids is 1. The molecule has 0 radical (unpaired) electrons. The molecule has 2 aromatic heterocycles. The number of thioether (sulfide) groups is 1. The van der Waals surface area contributed by atoms with Crippen LogP contribution >= 0.6 is 11.8 Å². The van der Waals surface area contributed by atoms with Crippen LogP contribution in [-0.2, 0) is 16.1 Å². The Hall–Kier alpha value is -3.65. The first-order valence-corrected chi connectivity index (χ1v) is 11.3. The molecule has 0 spiro atoms. The summed E-state index contributed by atoms with van der Waals surface area (Å²) in [5.41, 5.74) is 5.28. The van der Waals surface area contributed by atoms with Crippen molar-refractivity contribution in [2.45, 2.75) is 25.5 Å². The van der Waals surface area contributed by atoms with E-state index >= 15 is 0 Å². The number of aromatic nitrogens is 6. The number of nitrogens with two attached hydrogens (primary N) is 1. The second kappa shape index (κ2) is 11.0. The van der Waals surface area contributed by atoms with Crippen LogP contribution in [0.25, 0.3) is 5.69 Å². The molecule has 0 aliphatic carbocycles. The van der Waals surface area contributed by atoms with Gasteiger partial charge in [0.15, 0.2) is 5.69 Å². The monoisotopic (exact) mass is 490 g/mol. The first-order chi connectivity index (χ1) is 16.2. The maximum Gasteiger partial charge on any atom is 0.330 e. The van der Waals surface area contributed by atoms with E-state index in [0.717, 1.165) is 11.8 Å². The zero-order valence-corrected chi connectivity index (χ0v) is 19.8. The highest BCUT2D eigenvalue weighted by Gasteiger charge is 2.25. The van der Waals surface area contributed by atoms with Gasteiger partial charge in [-0.3, -0.25) is 19.1 Å². The minimum atomic E-state index is -0.758. The molecule has 4 N–H and O–H groups in total. The normalized spacial score (nSPS) is 11.2. The molecule has 0 saturated heterocycles. The lowest BCUT2D eigenvalue weighted by molar-refractivity contribution is -0.116. The summed E-state index contributed by atoms with van der Waals surface area (Å²) in [6.07, 6.45) is 0. The second-order valence-electron chi connectivity index (χ2n) is 7.71. The summed E-state index contributed by atoms with van der Waals surface area (Å²) >= 11 is 1.06. The van der Waals surface area contributed by atoms with Gasteiger partial charge in [-0.05, 0) is 40.6 Å². The van der Waals surface area contributed by atoms with Gasteiger partial charge < -0.3 is 20.5 Å². The molecule has 13 nitrogen and oxygen atoms in total. The first-order valence-electron chi connectivity index (χ1n) is 10.3. The minimum Gasteiger partial charge on any atom is -0.508 e. The summed E-state index contributed by atoms with van der Waals surface area (Å²) in [4.78, 5) is 41.6. The fraction of sp³-hybridized carbons (Fsp3) is 0.400. The number of nitrogens with zero attached hydrogens (tertiary/aromatic N) is 6. The Morgan fingerprint density at radius 1 is 1.29 bits per heavy atom. The molecule has 0 atom stereocenters. The SMILES string of the molecule is COCCN(C(=O)CSc1nnnn1-c1ccc(O)cc1)c1c(N)n(CC(C)C)c(=O)[nH]c1=O. The highest BCUT2D eigenvalue weighted by Crippen LogP contribution is 2.23. The summed E-state index contributed by atoms with van der Waals surface area (Å²) < 4.78 is 7.76. The Morgan fingerprint density at radius 2 is 2.00 bits per heavy atom. The molecule has 1 amide bonds. The number of nitrogen functional groups attached to an aromatic ring is 1. The van der Waals surface area contributed by atoms with Crippen LogP contribution in [0.5, 0.6) is 5.75 Å². The van der Waals surface area contributed by atoms with Crippen molar-refractivity contribution >= 4 is 29.2 Å².